The molecule has 0 radical (unpaired) electrons. The fourth-order valence-corrected chi connectivity index (χ4v) is 4.85. The van der Waals surface area contributed by atoms with Crippen molar-refractivity contribution in [2.75, 3.05) is 45.6 Å². The van der Waals surface area contributed by atoms with E-state index in [0.717, 1.165) is 11.1 Å². The van der Waals surface area contributed by atoms with Gasteiger partial charge < -0.3 is 15.6 Å². The number of aryl methyl sites for hydroxylation is 1. The quantitative estimate of drug-likeness (QED) is 0.571. The Hall–Kier alpha value is -1.97. The highest BCUT2D eigenvalue weighted by molar-refractivity contribution is 7.84. The summed E-state index contributed by atoms with van der Waals surface area (Å²) in [6.07, 6.45) is 0.902. The maximum Gasteiger partial charge on any atom is 0.239 e. The van der Waals surface area contributed by atoms with Gasteiger partial charge in [-0.2, -0.15) is 0 Å². The number of halogens is 1. The predicted octanol–water partition coefficient (Wildman–Crippen LogP) is 1.97. The van der Waals surface area contributed by atoms with E-state index < -0.39 is 28.9 Å². The molecule has 0 aliphatic carbocycles. The van der Waals surface area contributed by atoms with E-state index in [4.69, 9.17) is 22.1 Å². The SMILES string of the molecule is Cc1ccc(Cl)c(C(C(N)=O)N2CCN(CC(O)COc3ccccc3S(C)=O)CC2)c1. The van der Waals surface area contributed by atoms with Crippen LogP contribution in [0.1, 0.15) is 17.2 Å². The molecule has 2 aromatic carbocycles. The number of aliphatic hydroxyl groups excluding tert-OH is 1. The van der Waals surface area contributed by atoms with Gasteiger partial charge in [-0.3, -0.25) is 18.8 Å². The summed E-state index contributed by atoms with van der Waals surface area (Å²) in [4.78, 5) is 17.0. The molecule has 3 N–H and O–H groups in total. The Morgan fingerprint density at radius 3 is 2.56 bits per heavy atom. The van der Waals surface area contributed by atoms with Gasteiger partial charge >= 0.3 is 0 Å². The third-order valence-corrected chi connectivity index (χ3v) is 6.85. The number of hydrogen-bond acceptors (Lipinski definition) is 6. The Balaban J connectivity index is 1.54. The molecule has 1 heterocycles. The van der Waals surface area contributed by atoms with Crippen LogP contribution in [0.5, 0.6) is 5.75 Å². The Kier molecular flexibility index (Phi) is 8.67. The number of para-hydroxylation sites is 1. The monoisotopic (exact) mass is 479 g/mol. The van der Waals surface area contributed by atoms with Gasteiger partial charge in [-0.05, 0) is 30.7 Å². The third-order valence-electron chi connectivity index (χ3n) is 5.55. The van der Waals surface area contributed by atoms with E-state index in [9.17, 15) is 14.1 Å². The molecule has 0 saturated carbocycles. The first-order valence-corrected chi connectivity index (χ1v) is 12.4. The molecular formula is C23H30ClN3O4S. The maximum absolute atomic E-state index is 12.2. The molecule has 3 atom stereocenters. The summed E-state index contributed by atoms with van der Waals surface area (Å²) in [5, 5.41) is 11.0. The highest BCUT2D eigenvalue weighted by Gasteiger charge is 2.31. The van der Waals surface area contributed by atoms with E-state index in [-0.39, 0.29) is 6.61 Å². The van der Waals surface area contributed by atoms with Crippen LogP contribution in [0.3, 0.4) is 0 Å². The highest BCUT2D eigenvalue weighted by atomic mass is 35.5. The van der Waals surface area contributed by atoms with Crippen molar-refractivity contribution in [3.8, 4) is 5.75 Å². The molecule has 32 heavy (non-hydrogen) atoms. The van der Waals surface area contributed by atoms with Crippen LogP contribution in [0.25, 0.3) is 0 Å². The number of nitrogens with two attached hydrogens (primary N) is 1. The summed E-state index contributed by atoms with van der Waals surface area (Å²) in [6, 6.07) is 12.2. The summed E-state index contributed by atoms with van der Waals surface area (Å²) < 4.78 is 17.5. The molecule has 1 aliphatic heterocycles. The van der Waals surface area contributed by atoms with Gasteiger partial charge in [0.15, 0.2) is 0 Å². The summed E-state index contributed by atoms with van der Waals surface area (Å²) in [5.74, 6) is 0.0999. The number of primary amides is 1. The van der Waals surface area contributed by atoms with Crippen molar-refractivity contribution in [3.05, 3.63) is 58.6 Å². The molecule has 3 rings (SSSR count). The normalized spacial score (nSPS) is 18.1. The van der Waals surface area contributed by atoms with Crippen LogP contribution in [0.2, 0.25) is 5.02 Å². The number of carbonyl (C=O) groups is 1. The van der Waals surface area contributed by atoms with Crippen molar-refractivity contribution in [2.45, 2.75) is 24.0 Å². The zero-order valence-corrected chi connectivity index (χ0v) is 19.9. The van der Waals surface area contributed by atoms with Crippen LogP contribution in [0.4, 0.5) is 0 Å². The highest BCUT2D eigenvalue weighted by Crippen LogP contribution is 2.29. The molecule has 174 valence electrons. The van der Waals surface area contributed by atoms with E-state index in [0.29, 0.717) is 48.4 Å². The lowest BCUT2D eigenvalue weighted by molar-refractivity contribution is -0.124. The minimum absolute atomic E-state index is 0.108. The molecule has 1 fully saturated rings. The number of rotatable bonds is 9. The lowest BCUT2D eigenvalue weighted by Gasteiger charge is -2.39. The van der Waals surface area contributed by atoms with Crippen molar-refractivity contribution < 1.29 is 18.8 Å². The third kappa shape index (κ3) is 6.30. The zero-order chi connectivity index (χ0) is 23.3. The van der Waals surface area contributed by atoms with Crippen LogP contribution >= 0.6 is 11.6 Å². The summed E-state index contributed by atoms with van der Waals surface area (Å²) in [5.41, 5.74) is 7.48. The second-order valence-electron chi connectivity index (χ2n) is 8.03. The van der Waals surface area contributed by atoms with Crippen molar-refractivity contribution in [1.82, 2.24) is 9.80 Å². The largest absolute Gasteiger partial charge is 0.490 e. The molecule has 3 unspecified atom stereocenters. The van der Waals surface area contributed by atoms with Crippen LogP contribution in [-0.4, -0.2) is 76.7 Å². The van der Waals surface area contributed by atoms with Crippen molar-refractivity contribution >= 4 is 28.3 Å². The van der Waals surface area contributed by atoms with Gasteiger partial charge in [0.1, 0.15) is 24.5 Å². The van der Waals surface area contributed by atoms with E-state index in [2.05, 4.69) is 4.90 Å². The number of carbonyl (C=O) groups excluding carboxylic acids is 1. The first-order chi connectivity index (χ1) is 15.3. The first kappa shape index (κ1) is 24.7. The Bertz CT molecular complexity index is 966. The maximum atomic E-state index is 12.2. The first-order valence-electron chi connectivity index (χ1n) is 10.5. The van der Waals surface area contributed by atoms with Crippen molar-refractivity contribution in [1.29, 1.82) is 0 Å². The van der Waals surface area contributed by atoms with Crippen LogP contribution in [0, 0.1) is 6.92 Å². The smallest absolute Gasteiger partial charge is 0.239 e. The molecule has 9 heteroatoms. The van der Waals surface area contributed by atoms with E-state index in [1.807, 2.05) is 36.1 Å². The Morgan fingerprint density at radius 1 is 1.22 bits per heavy atom. The molecule has 1 aliphatic rings. The minimum Gasteiger partial charge on any atom is -0.490 e. The molecule has 0 aromatic heterocycles. The molecular weight excluding hydrogens is 450 g/mol. The molecule has 0 spiro atoms. The van der Waals surface area contributed by atoms with E-state index >= 15 is 0 Å². The fraction of sp³-hybridized carbons (Fsp3) is 0.435. The van der Waals surface area contributed by atoms with Gasteiger partial charge in [0.25, 0.3) is 0 Å². The number of hydrogen-bond donors (Lipinski definition) is 2. The van der Waals surface area contributed by atoms with Gasteiger partial charge in [0, 0.05) is 44.0 Å². The molecule has 1 saturated heterocycles. The lowest BCUT2D eigenvalue weighted by Crippen LogP contribution is -2.52. The molecule has 7 nitrogen and oxygen atoms in total. The molecule has 1 amide bonds. The number of nitrogens with zero attached hydrogens (tertiary/aromatic N) is 2. The molecule has 2 aromatic rings. The van der Waals surface area contributed by atoms with Crippen LogP contribution < -0.4 is 10.5 Å². The number of benzene rings is 2. The summed E-state index contributed by atoms with van der Waals surface area (Å²) >= 11 is 6.36. The Labute approximate surface area is 196 Å². The van der Waals surface area contributed by atoms with Crippen LogP contribution in [-0.2, 0) is 15.6 Å². The predicted molar refractivity (Wildman–Crippen MR) is 126 cm³/mol. The van der Waals surface area contributed by atoms with Gasteiger partial charge in [-0.25, -0.2) is 0 Å². The number of piperazine rings is 1. The van der Waals surface area contributed by atoms with Crippen molar-refractivity contribution in [2.24, 2.45) is 5.73 Å². The second kappa shape index (κ2) is 11.2. The number of ether oxygens (including phenoxy) is 1. The molecule has 0 bridgehead atoms. The lowest BCUT2D eigenvalue weighted by atomic mass is 10.0. The second-order valence-corrected chi connectivity index (χ2v) is 9.79. The minimum atomic E-state index is -1.16. The fourth-order valence-electron chi connectivity index (χ4n) is 3.95. The summed E-state index contributed by atoms with van der Waals surface area (Å²) in [6.45, 7) is 5.12. The van der Waals surface area contributed by atoms with E-state index in [1.165, 1.54) is 0 Å². The number of aliphatic hydroxyl groups is 1. The van der Waals surface area contributed by atoms with Crippen LogP contribution in [0.15, 0.2) is 47.4 Å². The number of β-amino-alcohol motifs (C(OH)–C–C–N with tert-alkyl or cyclic N) is 1. The standard InChI is InChI=1S/C23H30ClN3O4S/c1-16-7-8-19(24)18(13-16)22(23(25)29)27-11-9-26(10-12-27)14-17(28)15-31-20-5-3-4-6-21(20)32(2)30/h3-8,13,17,22,28H,9-12,14-15H2,1-2H3,(H2,25,29). The van der Waals surface area contributed by atoms with Crippen molar-refractivity contribution in [3.63, 3.8) is 0 Å². The summed E-state index contributed by atoms with van der Waals surface area (Å²) in [7, 11) is -1.16. The van der Waals surface area contributed by atoms with Gasteiger partial charge in [0.2, 0.25) is 5.91 Å². The zero-order valence-electron chi connectivity index (χ0n) is 18.4. The van der Waals surface area contributed by atoms with Gasteiger partial charge in [0.05, 0.1) is 15.7 Å². The van der Waals surface area contributed by atoms with E-state index in [1.54, 1.807) is 24.5 Å². The van der Waals surface area contributed by atoms with Gasteiger partial charge in [-0.1, -0.05) is 41.4 Å². The number of amides is 1. The topological polar surface area (TPSA) is 96.1 Å². The Morgan fingerprint density at radius 2 is 1.91 bits per heavy atom. The average molecular weight is 480 g/mol. The van der Waals surface area contributed by atoms with Gasteiger partial charge in [-0.15, -0.1) is 0 Å². The average Bonchev–Trinajstić information content (AvgIpc) is 2.76.